The van der Waals surface area contributed by atoms with Crippen LogP contribution in [0.1, 0.15) is 31.9 Å². The minimum Gasteiger partial charge on any atom is -0.466 e. The maximum absolute atomic E-state index is 11.5. The minimum absolute atomic E-state index is 0.00938. The van der Waals surface area contributed by atoms with E-state index < -0.39 is 11.0 Å². The molecule has 0 spiro atoms. The normalized spacial score (nSPS) is 11.9. The molecule has 0 fully saturated rings. The van der Waals surface area contributed by atoms with Crippen molar-refractivity contribution in [2.75, 3.05) is 13.2 Å². The third-order valence-electron chi connectivity index (χ3n) is 2.50. The van der Waals surface area contributed by atoms with Crippen molar-refractivity contribution >= 4 is 11.7 Å². The Bertz CT molecular complexity index is 429. The molecule has 1 atom stereocenters. The number of carbonyl (C=O) groups excluding carboxylic acids is 1. The van der Waals surface area contributed by atoms with E-state index in [1.807, 2.05) is 6.92 Å². The maximum Gasteiger partial charge on any atom is 0.308 e. The summed E-state index contributed by atoms with van der Waals surface area (Å²) in [6, 6.07) is 5.98. The number of ether oxygens (including phenoxy) is 2. The van der Waals surface area contributed by atoms with Crippen LogP contribution in [0.3, 0.4) is 0 Å². The number of nitrogens with zero attached hydrogens (tertiary/aromatic N) is 1. The number of hydrogen-bond donors (Lipinski definition) is 0. The number of esters is 1. The SMILES string of the molecule is CCOC(=O)C[C@@H](OCC)c1ccc([N+](=O)[O-])cc1. The van der Waals surface area contributed by atoms with E-state index in [0.29, 0.717) is 13.2 Å². The summed E-state index contributed by atoms with van der Waals surface area (Å²) < 4.78 is 10.3. The highest BCUT2D eigenvalue weighted by molar-refractivity contribution is 5.70. The predicted octanol–water partition coefficient (Wildman–Crippen LogP) is 2.63. The van der Waals surface area contributed by atoms with Crippen molar-refractivity contribution in [2.24, 2.45) is 0 Å². The molecule has 1 rings (SSSR count). The van der Waals surface area contributed by atoms with E-state index in [9.17, 15) is 14.9 Å². The van der Waals surface area contributed by atoms with E-state index in [2.05, 4.69) is 0 Å². The molecule has 0 aliphatic rings. The monoisotopic (exact) mass is 267 g/mol. The molecule has 1 aromatic rings. The van der Waals surface area contributed by atoms with Crippen LogP contribution in [0.4, 0.5) is 5.69 Å². The zero-order valence-electron chi connectivity index (χ0n) is 11.0. The number of carbonyl (C=O) groups is 1. The van der Waals surface area contributed by atoms with Crippen LogP contribution in [0, 0.1) is 10.1 Å². The molecular weight excluding hydrogens is 250 g/mol. The van der Waals surface area contributed by atoms with Crippen LogP contribution in [-0.2, 0) is 14.3 Å². The standard InChI is InChI=1S/C13H17NO5/c1-3-18-12(9-13(15)19-4-2)10-5-7-11(8-6-10)14(16)17/h5-8,12H,3-4,9H2,1-2H3/t12-/m1/s1. The first-order chi connectivity index (χ1) is 9.08. The van der Waals surface area contributed by atoms with Gasteiger partial charge in [-0.3, -0.25) is 14.9 Å². The lowest BCUT2D eigenvalue weighted by atomic mass is 10.1. The number of nitro benzene ring substituents is 1. The first-order valence-corrected chi connectivity index (χ1v) is 6.10. The quantitative estimate of drug-likeness (QED) is 0.431. The molecule has 0 N–H and O–H groups in total. The van der Waals surface area contributed by atoms with Crippen LogP contribution < -0.4 is 0 Å². The van der Waals surface area contributed by atoms with Crippen LogP contribution in [0.25, 0.3) is 0 Å². The number of nitro groups is 1. The van der Waals surface area contributed by atoms with Gasteiger partial charge in [0.1, 0.15) is 0 Å². The first kappa shape index (κ1) is 15.1. The van der Waals surface area contributed by atoms with Crippen molar-refractivity contribution in [3.05, 3.63) is 39.9 Å². The molecule has 0 bridgehead atoms. The topological polar surface area (TPSA) is 78.7 Å². The van der Waals surface area contributed by atoms with Gasteiger partial charge < -0.3 is 9.47 Å². The fourth-order valence-electron chi connectivity index (χ4n) is 1.66. The Kier molecular flexibility index (Phi) is 5.95. The van der Waals surface area contributed by atoms with Gasteiger partial charge in [0.15, 0.2) is 0 Å². The molecule has 0 aliphatic carbocycles. The fraction of sp³-hybridized carbons (Fsp3) is 0.462. The zero-order chi connectivity index (χ0) is 14.3. The molecule has 6 nitrogen and oxygen atoms in total. The van der Waals surface area contributed by atoms with Crippen molar-refractivity contribution < 1.29 is 19.2 Å². The average Bonchev–Trinajstić information content (AvgIpc) is 2.38. The second kappa shape index (κ2) is 7.48. The highest BCUT2D eigenvalue weighted by Crippen LogP contribution is 2.24. The molecule has 1 aromatic carbocycles. The second-order valence-electron chi connectivity index (χ2n) is 3.80. The molecule has 0 saturated carbocycles. The summed E-state index contributed by atoms with van der Waals surface area (Å²) in [4.78, 5) is 21.6. The van der Waals surface area contributed by atoms with Gasteiger partial charge in [0, 0.05) is 18.7 Å². The summed E-state index contributed by atoms with van der Waals surface area (Å²) in [7, 11) is 0. The Labute approximate surface area is 111 Å². The van der Waals surface area contributed by atoms with Gasteiger partial charge in [0.2, 0.25) is 0 Å². The molecule has 0 heterocycles. The van der Waals surface area contributed by atoms with Crippen LogP contribution in [0.5, 0.6) is 0 Å². The molecule has 0 unspecified atom stereocenters. The Morgan fingerprint density at radius 1 is 1.26 bits per heavy atom. The highest BCUT2D eigenvalue weighted by Gasteiger charge is 2.18. The summed E-state index contributed by atoms with van der Waals surface area (Å²) in [5.74, 6) is -0.348. The van der Waals surface area contributed by atoms with Gasteiger partial charge in [0.05, 0.1) is 24.1 Å². The Morgan fingerprint density at radius 3 is 2.37 bits per heavy atom. The molecule has 0 amide bonds. The molecule has 0 aromatic heterocycles. The Morgan fingerprint density at radius 2 is 1.89 bits per heavy atom. The van der Waals surface area contributed by atoms with Gasteiger partial charge in [-0.1, -0.05) is 0 Å². The lowest BCUT2D eigenvalue weighted by molar-refractivity contribution is -0.384. The van der Waals surface area contributed by atoms with E-state index in [-0.39, 0.29) is 18.1 Å². The highest BCUT2D eigenvalue weighted by atomic mass is 16.6. The Balaban J connectivity index is 2.80. The van der Waals surface area contributed by atoms with Crippen LogP contribution in [0.2, 0.25) is 0 Å². The number of hydrogen-bond acceptors (Lipinski definition) is 5. The van der Waals surface area contributed by atoms with Gasteiger partial charge in [-0.25, -0.2) is 0 Å². The molecule has 0 aliphatic heterocycles. The summed E-state index contributed by atoms with van der Waals surface area (Å²) >= 11 is 0. The summed E-state index contributed by atoms with van der Waals surface area (Å²) in [6.07, 6.45) is -0.343. The number of rotatable bonds is 7. The van der Waals surface area contributed by atoms with E-state index in [4.69, 9.17) is 9.47 Å². The molecule has 0 radical (unpaired) electrons. The van der Waals surface area contributed by atoms with Gasteiger partial charge in [-0.2, -0.15) is 0 Å². The van der Waals surface area contributed by atoms with Crippen LogP contribution in [-0.4, -0.2) is 24.1 Å². The maximum atomic E-state index is 11.5. The van der Waals surface area contributed by atoms with Crippen molar-refractivity contribution in [1.29, 1.82) is 0 Å². The smallest absolute Gasteiger partial charge is 0.308 e. The molecule has 19 heavy (non-hydrogen) atoms. The zero-order valence-corrected chi connectivity index (χ0v) is 11.0. The molecule has 0 saturated heterocycles. The van der Waals surface area contributed by atoms with Crippen molar-refractivity contribution in [3.63, 3.8) is 0 Å². The lowest BCUT2D eigenvalue weighted by Crippen LogP contribution is -2.13. The van der Waals surface area contributed by atoms with E-state index in [1.165, 1.54) is 12.1 Å². The molecular formula is C13H17NO5. The third-order valence-corrected chi connectivity index (χ3v) is 2.50. The number of non-ortho nitro benzene ring substituents is 1. The predicted molar refractivity (Wildman–Crippen MR) is 68.7 cm³/mol. The molecule has 104 valence electrons. The summed E-state index contributed by atoms with van der Waals surface area (Å²) in [6.45, 7) is 4.32. The van der Waals surface area contributed by atoms with Crippen molar-refractivity contribution in [3.8, 4) is 0 Å². The first-order valence-electron chi connectivity index (χ1n) is 6.10. The van der Waals surface area contributed by atoms with Gasteiger partial charge in [0.25, 0.3) is 5.69 Å². The minimum atomic E-state index is -0.467. The van der Waals surface area contributed by atoms with Crippen molar-refractivity contribution in [2.45, 2.75) is 26.4 Å². The van der Waals surface area contributed by atoms with E-state index >= 15 is 0 Å². The fourth-order valence-corrected chi connectivity index (χ4v) is 1.66. The van der Waals surface area contributed by atoms with Gasteiger partial charge >= 0.3 is 5.97 Å². The lowest BCUT2D eigenvalue weighted by Gasteiger charge is -2.16. The average molecular weight is 267 g/mol. The third kappa shape index (κ3) is 4.67. The Hall–Kier alpha value is -1.95. The van der Waals surface area contributed by atoms with Crippen molar-refractivity contribution in [1.82, 2.24) is 0 Å². The summed E-state index contributed by atoms with van der Waals surface area (Å²) in [5, 5.41) is 10.6. The number of benzene rings is 1. The van der Waals surface area contributed by atoms with Gasteiger partial charge in [-0.15, -0.1) is 0 Å². The van der Waals surface area contributed by atoms with E-state index in [1.54, 1.807) is 19.1 Å². The van der Waals surface area contributed by atoms with Crippen LogP contribution in [0.15, 0.2) is 24.3 Å². The second-order valence-corrected chi connectivity index (χ2v) is 3.80. The molecule has 6 heteroatoms. The van der Waals surface area contributed by atoms with Crippen LogP contribution >= 0.6 is 0 Å². The largest absolute Gasteiger partial charge is 0.466 e. The summed E-state index contributed by atoms with van der Waals surface area (Å²) in [5.41, 5.74) is 0.732. The van der Waals surface area contributed by atoms with E-state index in [0.717, 1.165) is 5.56 Å². The van der Waals surface area contributed by atoms with Gasteiger partial charge in [-0.05, 0) is 31.5 Å².